The number of hydrogen-bond donors (Lipinski definition) is 1. The van der Waals surface area contributed by atoms with Crippen molar-refractivity contribution in [2.24, 2.45) is 0 Å². The van der Waals surface area contributed by atoms with Crippen molar-refractivity contribution < 1.29 is 4.74 Å². The van der Waals surface area contributed by atoms with E-state index in [1.54, 1.807) is 18.4 Å². The summed E-state index contributed by atoms with van der Waals surface area (Å²) in [7, 11) is 3.71. The van der Waals surface area contributed by atoms with Crippen LogP contribution >= 0.6 is 27.3 Å². The second-order valence-corrected chi connectivity index (χ2v) is 6.45. The summed E-state index contributed by atoms with van der Waals surface area (Å²) < 4.78 is 6.69. The lowest BCUT2D eigenvalue weighted by atomic mass is 9.97. The number of ether oxygens (including phenoxy) is 1. The third-order valence-corrected chi connectivity index (χ3v) is 4.92. The Morgan fingerprint density at radius 1 is 1.26 bits per heavy atom. The summed E-state index contributed by atoms with van der Waals surface area (Å²) >= 11 is 5.26. The molecule has 0 amide bonds. The van der Waals surface area contributed by atoms with E-state index in [1.165, 1.54) is 21.6 Å². The van der Waals surface area contributed by atoms with Gasteiger partial charge in [-0.15, -0.1) is 11.3 Å². The van der Waals surface area contributed by atoms with Crippen LogP contribution in [0.1, 0.15) is 27.6 Å². The van der Waals surface area contributed by atoms with Crippen LogP contribution in [0, 0.1) is 13.8 Å². The van der Waals surface area contributed by atoms with Gasteiger partial charge < -0.3 is 10.1 Å². The van der Waals surface area contributed by atoms with Crippen LogP contribution in [0.25, 0.3) is 0 Å². The van der Waals surface area contributed by atoms with Crippen molar-refractivity contribution in [3.63, 3.8) is 0 Å². The number of aryl methyl sites for hydroxylation is 2. The molecule has 2 aromatic rings. The minimum atomic E-state index is 0.159. The monoisotopic (exact) mass is 339 g/mol. The van der Waals surface area contributed by atoms with Gasteiger partial charge in [-0.1, -0.05) is 6.07 Å². The minimum Gasteiger partial charge on any atom is -0.496 e. The van der Waals surface area contributed by atoms with Crippen LogP contribution in [0.3, 0.4) is 0 Å². The predicted molar refractivity (Wildman–Crippen MR) is 85.4 cm³/mol. The molecule has 1 heterocycles. The molecule has 0 saturated heterocycles. The van der Waals surface area contributed by atoms with E-state index in [0.29, 0.717) is 0 Å². The standard InChI is InChI=1S/C15H18BrNOS/c1-9-5-10(2)14(12(6-9)18-4)15(17-3)13-7-11(16)8-19-13/h5-8,15,17H,1-4H3. The van der Waals surface area contributed by atoms with Gasteiger partial charge in [-0.3, -0.25) is 0 Å². The van der Waals surface area contributed by atoms with E-state index in [2.05, 4.69) is 58.7 Å². The summed E-state index contributed by atoms with van der Waals surface area (Å²) in [5.41, 5.74) is 3.69. The van der Waals surface area contributed by atoms with Gasteiger partial charge in [0.1, 0.15) is 5.75 Å². The van der Waals surface area contributed by atoms with Crippen LogP contribution in [0.2, 0.25) is 0 Å². The first-order valence-electron chi connectivity index (χ1n) is 6.13. The van der Waals surface area contributed by atoms with E-state index in [1.807, 2.05) is 7.05 Å². The third kappa shape index (κ3) is 3.02. The van der Waals surface area contributed by atoms with E-state index in [0.717, 1.165) is 10.2 Å². The summed E-state index contributed by atoms with van der Waals surface area (Å²) in [6.45, 7) is 4.23. The van der Waals surface area contributed by atoms with Gasteiger partial charge in [0.15, 0.2) is 0 Å². The normalized spacial score (nSPS) is 12.5. The average molecular weight is 340 g/mol. The molecule has 0 saturated carbocycles. The van der Waals surface area contributed by atoms with Gasteiger partial charge in [-0.25, -0.2) is 0 Å². The Bertz CT molecular complexity index is 580. The molecule has 1 atom stereocenters. The maximum atomic E-state index is 5.57. The van der Waals surface area contributed by atoms with Gasteiger partial charge >= 0.3 is 0 Å². The number of nitrogens with one attached hydrogen (secondary N) is 1. The van der Waals surface area contributed by atoms with E-state index < -0.39 is 0 Å². The van der Waals surface area contributed by atoms with Gasteiger partial charge in [0, 0.05) is 20.3 Å². The van der Waals surface area contributed by atoms with Gasteiger partial charge in [0.05, 0.1) is 13.2 Å². The van der Waals surface area contributed by atoms with Crippen LogP contribution in [0.4, 0.5) is 0 Å². The molecule has 2 nitrogen and oxygen atoms in total. The molecule has 0 fully saturated rings. The summed E-state index contributed by atoms with van der Waals surface area (Å²) in [6.07, 6.45) is 0. The van der Waals surface area contributed by atoms with Gasteiger partial charge in [-0.2, -0.15) is 0 Å². The molecule has 102 valence electrons. The number of thiophene rings is 1. The second-order valence-electron chi connectivity index (χ2n) is 4.59. The van der Waals surface area contributed by atoms with E-state index in [-0.39, 0.29) is 6.04 Å². The lowest BCUT2D eigenvalue weighted by Gasteiger charge is -2.21. The molecule has 0 bridgehead atoms. The van der Waals surface area contributed by atoms with Gasteiger partial charge in [0.2, 0.25) is 0 Å². The fourth-order valence-electron chi connectivity index (χ4n) is 2.39. The topological polar surface area (TPSA) is 21.3 Å². The second kappa shape index (κ2) is 6.07. The zero-order chi connectivity index (χ0) is 14.0. The maximum absolute atomic E-state index is 5.57. The highest BCUT2D eigenvalue weighted by molar-refractivity contribution is 9.10. The highest BCUT2D eigenvalue weighted by Gasteiger charge is 2.20. The first kappa shape index (κ1) is 14.6. The van der Waals surface area contributed by atoms with Crippen molar-refractivity contribution in [3.05, 3.63) is 49.6 Å². The molecule has 4 heteroatoms. The summed E-state index contributed by atoms with van der Waals surface area (Å²) in [4.78, 5) is 1.28. The number of benzene rings is 1. The molecule has 1 N–H and O–H groups in total. The van der Waals surface area contributed by atoms with Crippen LogP contribution in [-0.2, 0) is 0 Å². The zero-order valence-electron chi connectivity index (χ0n) is 11.6. The number of rotatable bonds is 4. The number of methoxy groups -OCH3 is 1. The Labute approximate surface area is 126 Å². The summed E-state index contributed by atoms with van der Waals surface area (Å²) in [5.74, 6) is 0.946. The van der Waals surface area contributed by atoms with E-state index in [4.69, 9.17) is 4.74 Å². The largest absolute Gasteiger partial charge is 0.496 e. The average Bonchev–Trinajstić information content (AvgIpc) is 2.78. The molecule has 0 aliphatic rings. The first-order chi connectivity index (χ1) is 9.06. The van der Waals surface area contributed by atoms with E-state index >= 15 is 0 Å². The Morgan fingerprint density at radius 2 is 2.00 bits per heavy atom. The molecule has 19 heavy (non-hydrogen) atoms. The smallest absolute Gasteiger partial charge is 0.124 e. The molecule has 0 radical (unpaired) electrons. The molecule has 0 spiro atoms. The van der Waals surface area contributed by atoms with Gasteiger partial charge in [0.25, 0.3) is 0 Å². The molecule has 1 unspecified atom stereocenters. The molecule has 0 aliphatic heterocycles. The lowest BCUT2D eigenvalue weighted by molar-refractivity contribution is 0.405. The quantitative estimate of drug-likeness (QED) is 0.888. The molecular weight excluding hydrogens is 322 g/mol. The Morgan fingerprint density at radius 3 is 2.53 bits per heavy atom. The predicted octanol–water partition coefficient (Wildman–Crippen LogP) is 4.44. The Kier molecular flexibility index (Phi) is 4.66. The minimum absolute atomic E-state index is 0.159. The van der Waals surface area contributed by atoms with Crippen LogP contribution in [-0.4, -0.2) is 14.2 Å². The molecule has 2 rings (SSSR count). The van der Waals surface area contributed by atoms with Crippen molar-refractivity contribution in [2.75, 3.05) is 14.2 Å². The van der Waals surface area contributed by atoms with Crippen molar-refractivity contribution in [1.82, 2.24) is 5.32 Å². The van der Waals surface area contributed by atoms with E-state index in [9.17, 15) is 0 Å². The molecular formula is C15H18BrNOS. The summed E-state index contributed by atoms with van der Waals surface area (Å²) in [5, 5.41) is 5.50. The Balaban J connectivity index is 2.55. The maximum Gasteiger partial charge on any atom is 0.124 e. The molecule has 0 aliphatic carbocycles. The molecule has 1 aromatic heterocycles. The van der Waals surface area contributed by atoms with Crippen molar-refractivity contribution >= 4 is 27.3 Å². The van der Waals surface area contributed by atoms with Crippen LogP contribution < -0.4 is 10.1 Å². The van der Waals surface area contributed by atoms with Crippen LogP contribution in [0.15, 0.2) is 28.1 Å². The number of halogens is 1. The first-order valence-corrected chi connectivity index (χ1v) is 7.80. The number of hydrogen-bond acceptors (Lipinski definition) is 3. The SMILES string of the molecule is CNC(c1cc(Br)cs1)c1c(C)cc(C)cc1OC. The summed E-state index contributed by atoms with van der Waals surface area (Å²) in [6, 6.07) is 6.61. The third-order valence-electron chi connectivity index (χ3n) is 3.16. The fourth-order valence-corrected chi connectivity index (χ4v) is 3.95. The van der Waals surface area contributed by atoms with Gasteiger partial charge in [-0.05, 0) is 60.1 Å². The van der Waals surface area contributed by atoms with Crippen molar-refractivity contribution in [3.8, 4) is 5.75 Å². The lowest BCUT2D eigenvalue weighted by Crippen LogP contribution is -2.18. The molecule has 1 aromatic carbocycles. The zero-order valence-corrected chi connectivity index (χ0v) is 14.0. The Hall–Kier alpha value is -0.840. The highest BCUT2D eigenvalue weighted by Crippen LogP contribution is 2.36. The van der Waals surface area contributed by atoms with Crippen molar-refractivity contribution in [1.29, 1.82) is 0 Å². The highest BCUT2D eigenvalue weighted by atomic mass is 79.9. The fraction of sp³-hybridized carbons (Fsp3) is 0.333. The van der Waals surface area contributed by atoms with Crippen LogP contribution in [0.5, 0.6) is 5.75 Å². The van der Waals surface area contributed by atoms with Crippen molar-refractivity contribution in [2.45, 2.75) is 19.9 Å².